The van der Waals surface area contributed by atoms with Crippen LogP contribution in [0.1, 0.15) is 17.5 Å². The second-order valence-electron chi connectivity index (χ2n) is 3.53. The summed E-state index contributed by atoms with van der Waals surface area (Å²) < 4.78 is 0. The Morgan fingerprint density at radius 2 is 2.33 bits per heavy atom. The maximum atomic E-state index is 11.2. The third-order valence-corrected chi connectivity index (χ3v) is 2.58. The van der Waals surface area contributed by atoms with Gasteiger partial charge < -0.3 is 10.5 Å². The van der Waals surface area contributed by atoms with Crippen molar-refractivity contribution in [3.8, 4) is 0 Å². The number of hydrogen-bond donors (Lipinski definition) is 2. The normalized spacial score (nSPS) is 14.1. The van der Waals surface area contributed by atoms with Crippen LogP contribution in [-0.2, 0) is 17.6 Å². The number of carbonyl (C=O) groups is 1. The summed E-state index contributed by atoms with van der Waals surface area (Å²) in [7, 11) is 0. The zero-order valence-electron chi connectivity index (χ0n) is 8.23. The van der Waals surface area contributed by atoms with Gasteiger partial charge in [-0.2, -0.15) is 0 Å². The molecular formula is C11H12N2O2. The van der Waals surface area contributed by atoms with E-state index in [1.165, 1.54) is 11.1 Å². The van der Waals surface area contributed by atoms with Crippen LogP contribution in [0.2, 0.25) is 0 Å². The van der Waals surface area contributed by atoms with E-state index in [2.05, 4.69) is 16.5 Å². The van der Waals surface area contributed by atoms with Crippen molar-refractivity contribution in [1.82, 2.24) is 0 Å². The first-order valence-corrected chi connectivity index (χ1v) is 4.90. The molecule has 4 heteroatoms. The minimum atomic E-state index is -0.405. The molecule has 0 bridgehead atoms. The molecule has 1 aromatic rings. The summed E-state index contributed by atoms with van der Waals surface area (Å²) in [6.45, 7) is 0. The minimum absolute atomic E-state index is 0.405. The molecule has 0 saturated carbocycles. The fraction of sp³-hybridized carbons (Fsp3) is 0.273. The van der Waals surface area contributed by atoms with Crippen molar-refractivity contribution in [2.24, 2.45) is 5.16 Å². The third kappa shape index (κ3) is 1.98. The van der Waals surface area contributed by atoms with Gasteiger partial charge in [0, 0.05) is 5.69 Å². The lowest BCUT2D eigenvalue weighted by Crippen LogP contribution is -2.13. The van der Waals surface area contributed by atoms with E-state index in [1.54, 1.807) is 0 Å². The molecule has 1 amide bonds. The van der Waals surface area contributed by atoms with Crippen molar-refractivity contribution >= 4 is 17.8 Å². The molecule has 0 atom stereocenters. The molecule has 2 N–H and O–H groups in total. The average Bonchev–Trinajstić information content (AvgIpc) is 2.67. The van der Waals surface area contributed by atoms with Crippen LogP contribution in [0.25, 0.3) is 0 Å². The molecule has 0 spiro atoms. The Morgan fingerprint density at radius 3 is 3.13 bits per heavy atom. The van der Waals surface area contributed by atoms with Crippen LogP contribution >= 0.6 is 0 Å². The van der Waals surface area contributed by atoms with Gasteiger partial charge in [0.25, 0.3) is 5.91 Å². The highest BCUT2D eigenvalue weighted by Crippen LogP contribution is 2.28. The molecule has 0 unspecified atom stereocenters. The van der Waals surface area contributed by atoms with E-state index in [4.69, 9.17) is 5.21 Å². The lowest BCUT2D eigenvalue weighted by atomic mass is 10.1. The molecular weight excluding hydrogens is 192 g/mol. The monoisotopic (exact) mass is 204 g/mol. The molecule has 78 valence electrons. The summed E-state index contributed by atoms with van der Waals surface area (Å²) in [5, 5.41) is 13.6. The van der Waals surface area contributed by atoms with Crippen LogP contribution in [0.15, 0.2) is 23.4 Å². The van der Waals surface area contributed by atoms with E-state index in [9.17, 15) is 4.79 Å². The second-order valence-corrected chi connectivity index (χ2v) is 3.53. The highest BCUT2D eigenvalue weighted by molar-refractivity contribution is 6.31. The Bertz CT molecular complexity index is 413. The molecule has 15 heavy (non-hydrogen) atoms. The molecule has 1 aliphatic carbocycles. The number of amides is 1. The number of carbonyl (C=O) groups excluding carboxylic acids is 1. The first-order chi connectivity index (χ1) is 7.31. The first kappa shape index (κ1) is 9.71. The fourth-order valence-electron chi connectivity index (χ4n) is 1.95. The number of oxime groups is 1. The van der Waals surface area contributed by atoms with Crippen molar-refractivity contribution in [3.63, 3.8) is 0 Å². The van der Waals surface area contributed by atoms with E-state index in [1.807, 2.05) is 12.1 Å². The lowest BCUT2D eigenvalue weighted by Gasteiger charge is -2.07. The fourth-order valence-corrected chi connectivity index (χ4v) is 1.95. The number of rotatable bonds is 2. The van der Waals surface area contributed by atoms with Crippen molar-refractivity contribution in [2.45, 2.75) is 19.3 Å². The number of aryl methyl sites for hydroxylation is 1. The van der Waals surface area contributed by atoms with Gasteiger partial charge >= 0.3 is 0 Å². The largest absolute Gasteiger partial charge is 0.411 e. The van der Waals surface area contributed by atoms with Gasteiger partial charge in [0.2, 0.25) is 0 Å². The highest BCUT2D eigenvalue weighted by Gasteiger charge is 2.14. The molecule has 0 aliphatic heterocycles. The predicted octanol–water partition coefficient (Wildman–Crippen LogP) is 1.57. The Labute approximate surface area is 87.6 Å². The summed E-state index contributed by atoms with van der Waals surface area (Å²) in [6, 6.07) is 5.88. The molecule has 0 radical (unpaired) electrons. The van der Waals surface area contributed by atoms with Crippen molar-refractivity contribution < 1.29 is 10.0 Å². The van der Waals surface area contributed by atoms with Crippen LogP contribution in [0, 0.1) is 0 Å². The van der Waals surface area contributed by atoms with E-state index in [0.717, 1.165) is 31.2 Å². The number of benzene rings is 1. The molecule has 4 nitrogen and oxygen atoms in total. The highest BCUT2D eigenvalue weighted by atomic mass is 16.4. The Hall–Kier alpha value is -1.84. The van der Waals surface area contributed by atoms with Crippen LogP contribution in [0.3, 0.4) is 0 Å². The van der Waals surface area contributed by atoms with Crippen molar-refractivity contribution in [2.75, 3.05) is 5.32 Å². The van der Waals surface area contributed by atoms with Crippen molar-refractivity contribution in [3.05, 3.63) is 29.3 Å². The van der Waals surface area contributed by atoms with Crippen LogP contribution in [0.5, 0.6) is 0 Å². The van der Waals surface area contributed by atoms with Crippen molar-refractivity contribution in [1.29, 1.82) is 0 Å². The third-order valence-electron chi connectivity index (χ3n) is 2.58. The van der Waals surface area contributed by atoms with Crippen LogP contribution in [0.4, 0.5) is 5.69 Å². The van der Waals surface area contributed by atoms with E-state index in [-0.39, 0.29) is 0 Å². The number of hydrogen-bond acceptors (Lipinski definition) is 3. The van der Waals surface area contributed by atoms with Gasteiger partial charge in [-0.1, -0.05) is 17.3 Å². The van der Waals surface area contributed by atoms with E-state index in [0.29, 0.717) is 0 Å². The zero-order valence-corrected chi connectivity index (χ0v) is 8.23. The van der Waals surface area contributed by atoms with Gasteiger partial charge in [-0.15, -0.1) is 0 Å². The van der Waals surface area contributed by atoms with Gasteiger partial charge in [0.1, 0.15) is 6.21 Å². The Morgan fingerprint density at radius 1 is 1.47 bits per heavy atom. The Kier molecular flexibility index (Phi) is 2.67. The quantitative estimate of drug-likeness (QED) is 0.436. The topological polar surface area (TPSA) is 61.7 Å². The maximum absolute atomic E-state index is 11.2. The molecule has 0 saturated heterocycles. The number of nitrogens with one attached hydrogen (secondary N) is 1. The Balaban J connectivity index is 2.22. The van der Waals surface area contributed by atoms with Crippen LogP contribution < -0.4 is 5.32 Å². The first-order valence-electron chi connectivity index (χ1n) is 4.90. The van der Waals surface area contributed by atoms with E-state index < -0.39 is 5.91 Å². The van der Waals surface area contributed by atoms with Gasteiger partial charge in [-0.05, 0) is 36.5 Å². The van der Waals surface area contributed by atoms with Gasteiger partial charge in [-0.3, -0.25) is 4.79 Å². The minimum Gasteiger partial charge on any atom is -0.411 e. The SMILES string of the molecule is O=C(/C=N\O)Nc1cccc2c1CCC2. The standard InChI is InChI=1S/C11H12N2O2/c14-11(7-12-15)13-10-6-2-4-8-3-1-5-9(8)10/h2,4,6-7,15H,1,3,5H2,(H,13,14)/b12-7-. The number of fused-ring (bicyclic) bond motifs is 1. The molecule has 1 aromatic carbocycles. The predicted molar refractivity (Wildman–Crippen MR) is 57.4 cm³/mol. The van der Waals surface area contributed by atoms with Gasteiger partial charge in [0.15, 0.2) is 0 Å². The lowest BCUT2D eigenvalue weighted by molar-refractivity contribution is -0.110. The smallest absolute Gasteiger partial charge is 0.270 e. The summed E-state index contributed by atoms with van der Waals surface area (Å²) in [5.74, 6) is -0.405. The summed E-state index contributed by atoms with van der Waals surface area (Å²) >= 11 is 0. The summed E-state index contributed by atoms with van der Waals surface area (Å²) in [6.07, 6.45) is 4.07. The summed E-state index contributed by atoms with van der Waals surface area (Å²) in [4.78, 5) is 11.2. The molecule has 0 fully saturated rings. The van der Waals surface area contributed by atoms with Gasteiger partial charge in [-0.25, -0.2) is 0 Å². The average molecular weight is 204 g/mol. The molecule has 1 aliphatic rings. The second kappa shape index (κ2) is 4.13. The molecule has 0 heterocycles. The molecule has 2 rings (SSSR count). The number of nitrogens with zero attached hydrogens (tertiary/aromatic N) is 1. The van der Waals surface area contributed by atoms with Gasteiger partial charge in [0.05, 0.1) is 0 Å². The maximum Gasteiger partial charge on any atom is 0.270 e. The molecule has 0 aromatic heterocycles. The van der Waals surface area contributed by atoms with Crippen LogP contribution in [-0.4, -0.2) is 17.3 Å². The zero-order chi connectivity index (χ0) is 10.7. The number of anilines is 1. The van der Waals surface area contributed by atoms with E-state index >= 15 is 0 Å². The summed E-state index contributed by atoms with van der Waals surface area (Å²) in [5.41, 5.74) is 3.33.